The lowest BCUT2D eigenvalue weighted by Crippen LogP contribution is -2.54. The van der Waals surface area contributed by atoms with Crippen LogP contribution in [0.4, 0.5) is 0 Å². The van der Waals surface area contributed by atoms with Crippen LogP contribution >= 0.6 is 0 Å². The van der Waals surface area contributed by atoms with Gasteiger partial charge in [-0.2, -0.15) is 0 Å². The molecule has 5 aliphatic rings. The first-order chi connectivity index (χ1) is 18.5. The summed E-state index contributed by atoms with van der Waals surface area (Å²) in [5.41, 5.74) is 0.264. The number of hydrogen-bond acceptors (Lipinski definition) is 4. The molecule has 39 heavy (non-hydrogen) atoms. The molecule has 0 aromatic heterocycles. The molecule has 6 nitrogen and oxygen atoms in total. The zero-order valence-electron chi connectivity index (χ0n) is 24.6. The minimum atomic E-state index is -0.804. The molecule has 5 aliphatic carbocycles. The lowest BCUT2D eigenvalue weighted by atomic mass is 9.44. The summed E-state index contributed by atoms with van der Waals surface area (Å²) in [6.45, 7) is 7.37. The van der Waals surface area contributed by atoms with Crippen LogP contribution in [0.5, 0.6) is 0 Å². The van der Waals surface area contributed by atoms with Crippen LogP contribution < -0.4 is 0 Å². The molecule has 0 aromatic carbocycles. The van der Waals surface area contributed by atoms with Crippen LogP contribution in [0, 0.1) is 51.8 Å². The molecule has 5 fully saturated rings. The van der Waals surface area contributed by atoms with Gasteiger partial charge in [-0.1, -0.05) is 33.6 Å². The summed E-state index contributed by atoms with van der Waals surface area (Å²) < 4.78 is 6.08. The Labute approximate surface area is 235 Å². The van der Waals surface area contributed by atoms with Crippen molar-refractivity contribution in [2.24, 2.45) is 51.8 Å². The molecule has 0 bridgehead atoms. The highest BCUT2D eigenvalue weighted by atomic mass is 16.5. The third-order valence-corrected chi connectivity index (χ3v) is 13.2. The van der Waals surface area contributed by atoms with Crippen molar-refractivity contribution in [1.82, 2.24) is 0 Å². The summed E-state index contributed by atoms with van der Waals surface area (Å²) in [7, 11) is 0. The third-order valence-electron chi connectivity index (χ3n) is 13.2. The van der Waals surface area contributed by atoms with Gasteiger partial charge in [0, 0.05) is 6.42 Å². The maximum atomic E-state index is 13.0. The van der Waals surface area contributed by atoms with Gasteiger partial charge < -0.3 is 14.9 Å². The van der Waals surface area contributed by atoms with E-state index in [9.17, 15) is 24.6 Å². The molecule has 6 heteroatoms. The summed E-state index contributed by atoms with van der Waals surface area (Å²) in [6, 6.07) is 0. The van der Waals surface area contributed by atoms with E-state index in [2.05, 4.69) is 20.8 Å². The van der Waals surface area contributed by atoms with Crippen molar-refractivity contribution in [3.8, 4) is 0 Å². The van der Waals surface area contributed by atoms with Crippen LogP contribution in [-0.2, 0) is 19.1 Å². The van der Waals surface area contributed by atoms with Gasteiger partial charge in [-0.25, -0.2) is 0 Å². The Bertz CT molecular complexity index is 938. The molecule has 0 amide bonds. The van der Waals surface area contributed by atoms with E-state index in [0.717, 1.165) is 69.1 Å². The molecule has 0 aromatic rings. The second kappa shape index (κ2) is 11.0. The molecular formula is C33H52O6. The quantitative estimate of drug-likeness (QED) is 0.292. The molecule has 0 saturated heterocycles. The van der Waals surface area contributed by atoms with Crippen LogP contribution in [0.2, 0.25) is 0 Å². The highest BCUT2D eigenvalue weighted by molar-refractivity contribution is 5.73. The van der Waals surface area contributed by atoms with Crippen molar-refractivity contribution >= 4 is 17.9 Å². The van der Waals surface area contributed by atoms with E-state index >= 15 is 0 Å². The Balaban J connectivity index is 1.20. The SMILES string of the molecule is C[C@H](CCC(=O)O)[C@H]1CC[C@H]2[C@@H]3CC[C@@H]4C[C@H](OC(=O)CC5(CC(=O)O)CCCC5)CC[C@]4(C)[C@H]3CC[C@]12C. The number of esters is 1. The van der Waals surface area contributed by atoms with Crippen LogP contribution in [0.1, 0.15) is 130 Å². The van der Waals surface area contributed by atoms with Crippen molar-refractivity contribution in [1.29, 1.82) is 0 Å². The van der Waals surface area contributed by atoms with Gasteiger partial charge in [0.1, 0.15) is 6.10 Å². The smallest absolute Gasteiger partial charge is 0.306 e. The summed E-state index contributed by atoms with van der Waals surface area (Å²) in [5.74, 6) is 2.35. The number of fused-ring (bicyclic) bond motifs is 5. The molecular weight excluding hydrogens is 492 g/mol. The molecule has 0 radical (unpaired) electrons. The molecule has 9 atom stereocenters. The minimum absolute atomic E-state index is 0.0183. The zero-order chi connectivity index (χ0) is 28.0. The standard InChI is InChI=1S/C33H52O6/c1-21(6-11-28(34)35)25-9-10-26-24-8-7-22-18-23(12-16-31(22,2)27(24)13-17-32(25,26)3)39-30(38)20-33(19-29(36)37)14-4-5-15-33/h21-27H,4-20H2,1-3H3,(H,34,35)(H,36,37)/t21-,22-,23-,24+,25-,26+,27+,31+,32-/m1/s1. The normalized spacial score (nSPS) is 41.6. The lowest BCUT2D eigenvalue weighted by molar-refractivity contribution is -0.165. The number of aliphatic carboxylic acids is 2. The van der Waals surface area contributed by atoms with Crippen molar-refractivity contribution in [3.63, 3.8) is 0 Å². The number of carbonyl (C=O) groups excluding carboxylic acids is 1. The minimum Gasteiger partial charge on any atom is -0.481 e. The summed E-state index contributed by atoms with van der Waals surface area (Å²) in [4.78, 5) is 35.7. The maximum Gasteiger partial charge on any atom is 0.306 e. The van der Waals surface area contributed by atoms with E-state index in [1.54, 1.807) is 0 Å². The van der Waals surface area contributed by atoms with Gasteiger partial charge in [-0.3, -0.25) is 14.4 Å². The predicted molar refractivity (Wildman–Crippen MR) is 149 cm³/mol. The Morgan fingerprint density at radius 3 is 2.21 bits per heavy atom. The lowest BCUT2D eigenvalue weighted by Gasteiger charge is -2.61. The highest BCUT2D eigenvalue weighted by Gasteiger charge is 2.60. The number of ether oxygens (including phenoxy) is 1. The molecule has 5 rings (SSSR count). The number of hydrogen-bond donors (Lipinski definition) is 2. The predicted octanol–water partition coefficient (Wildman–Crippen LogP) is 7.48. The molecule has 0 unspecified atom stereocenters. The second-order valence-corrected chi connectivity index (χ2v) is 15.1. The number of rotatable bonds is 9. The van der Waals surface area contributed by atoms with Crippen molar-refractivity contribution < 1.29 is 29.3 Å². The van der Waals surface area contributed by atoms with E-state index < -0.39 is 17.4 Å². The van der Waals surface area contributed by atoms with Gasteiger partial charge in [0.15, 0.2) is 0 Å². The first-order valence-electron chi connectivity index (χ1n) is 16.1. The summed E-state index contributed by atoms with van der Waals surface area (Å²) in [6.07, 6.45) is 15.7. The second-order valence-electron chi connectivity index (χ2n) is 15.1. The number of carboxylic acids is 2. The van der Waals surface area contributed by atoms with Crippen LogP contribution in [-0.4, -0.2) is 34.2 Å². The summed E-state index contributed by atoms with van der Waals surface area (Å²) >= 11 is 0. The molecule has 220 valence electrons. The Hall–Kier alpha value is -1.59. The fraction of sp³-hybridized carbons (Fsp3) is 0.909. The van der Waals surface area contributed by atoms with E-state index in [-0.39, 0.29) is 31.3 Å². The van der Waals surface area contributed by atoms with Crippen LogP contribution in [0.25, 0.3) is 0 Å². The first kappa shape index (κ1) is 28.9. The van der Waals surface area contributed by atoms with Gasteiger partial charge in [0.2, 0.25) is 0 Å². The molecule has 2 N–H and O–H groups in total. The molecule has 0 aliphatic heterocycles. The number of carbonyl (C=O) groups is 3. The van der Waals surface area contributed by atoms with E-state index in [0.29, 0.717) is 28.6 Å². The fourth-order valence-electron chi connectivity index (χ4n) is 11.2. The van der Waals surface area contributed by atoms with Crippen LogP contribution in [0.3, 0.4) is 0 Å². The zero-order valence-corrected chi connectivity index (χ0v) is 24.6. The van der Waals surface area contributed by atoms with Gasteiger partial charge in [0.25, 0.3) is 0 Å². The van der Waals surface area contributed by atoms with Gasteiger partial charge >= 0.3 is 17.9 Å². The van der Waals surface area contributed by atoms with Crippen molar-refractivity contribution in [2.75, 3.05) is 0 Å². The van der Waals surface area contributed by atoms with Crippen molar-refractivity contribution in [3.05, 3.63) is 0 Å². The Morgan fingerprint density at radius 1 is 0.821 bits per heavy atom. The third kappa shape index (κ3) is 5.52. The van der Waals surface area contributed by atoms with E-state index in [4.69, 9.17) is 4.74 Å². The molecule has 0 heterocycles. The highest BCUT2D eigenvalue weighted by Crippen LogP contribution is 2.68. The Morgan fingerprint density at radius 2 is 1.51 bits per heavy atom. The topological polar surface area (TPSA) is 101 Å². The van der Waals surface area contributed by atoms with Crippen molar-refractivity contribution in [2.45, 2.75) is 136 Å². The fourth-order valence-corrected chi connectivity index (χ4v) is 11.2. The molecule has 5 saturated carbocycles. The number of carboxylic acid groups (broad SMARTS) is 2. The maximum absolute atomic E-state index is 13.0. The molecule has 0 spiro atoms. The van der Waals surface area contributed by atoms with Gasteiger partial charge in [-0.15, -0.1) is 0 Å². The van der Waals surface area contributed by atoms with Gasteiger partial charge in [0.05, 0.1) is 12.8 Å². The average molecular weight is 545 g/mol. The Kier molecular flexibility index (Phi) is 8.16. The van der Waals surface area contributed by atoms with E-state index in [1.807, 2.05) is 0 Å². The summed E-state index contributed by atoms with van der Waals surface area (Å²) in [5, 5.41) is 18.6. The van der Waals surface area contributed by atoms with Crippen LogP contribution in [0.15, 0.2) is 0 Å². The largest absolute Gasteiger partial charge is 0.481 e. The first-order valence-corrected chi connectivity index (χ1v) is 16.1. The monoisotopic (exact) mass is 544 g/mol. The average Bonchev–Trinajstić information content (AvgIpc) is 3.46. The van der Waals surface area contributed by atoms with Gasteiger partial charge in [-0.05, 0) is 129 Å². The van der Waals surface area contributed by atoms with E-state index in [1.165, 1.54) is 38.5 Å².